The first kappa shape index (κ1) is 27.6. The smallest absolute Gasteiger partial charge is 0.188 e. The summed E-state index contributed by atoms with van der Waals surface area (Å²) in [4.78, 5) is 28.9. The van der Waals surface area contributed by atoms with Crippen molar-refractivity contribution >= 4 is 46.5 Å². The Labute approximate surface area is 244 Å². The van der Waals surface area contributed by atoms with Gasteiger partial charge in [-0.3, -0.25) is 9.59 Å². The topological polar surface area (TPSA) is 40.6 Å². The lowest BCUT2D eigenvalue weighted by molar-refractivity contribution is 0.103. The van der Waals surface area contributed by atoms with Crippen LogP contribution in [0.25, 0.3) is 0 Å². The molecule has 40 heavy (non-hydrogen) atoms. The van der Waals surface area contributed by atoms with Crippen LogP contribution < -0.4 is 9.80 Å². The number of nitrogens with zero attached hydrogens (tertiary/aromatic N) is 2. The molecule has 0 spiro atoms. The maximum Gasteiger partial charge on any atom is 0.188 e. The fourth-order valence-corrected chi connectivity index (χ4v) is 6.47. The maximum absolute atomic E-state index is 12.3. The monoisotopic (exact) mass is 562 g/mol. The summed E-state index contributed by atoms with van der Waals surface area (Å²) in [5.41, 5.74) is 3.76. The molecule has 200 valence electrons. The molecule has 2 heterocycles. The fraction of sp³-hybridized carbons (Fsp3) is 0.118. The van der Waals surface area contributed by atoms with Gasteiger partial charge < -0.3 is 9.80 Å². The van der Waals surface area contributed by atoms with Crippen molar-refractivity contribution in [2.75, 3.05) is 34.4 Å². The van der Waals surface area contributed by atoms with Crippen LogP contribution in [0.15, 0.2) is 144 Å². The van der Waals surface area contributed by atoms with Crippen molar-refractivity contribution in [1.29, 1.82) is 0 Å². The van der Waals surface area contributed by atoms with E-state index in [4.69, 9.17) is 0 Å². The number of allylic oxidation sites excluding steroid dienone is 2. The molecule has 0 atom stereocenters. The molecule has 4 aromatic carbocycles. The predicted molar refractivity (Wildman–Crippen MR) is 170 cm³/mol. The van der Waals surface area contributed by atoms with E-state index in [1.807, 2.05) is 97.1 Å². The Kier molecular flexibility index (Phi) is 9.56. The first-order valence-corrected chi connectivity index (χ1v) is 15.2. The first-order chi connectivity index (χ1) is 19.7. The minimum Gasteiger partial charge on any atom is -0.335 e. The van der Waals surface area contributed by atoms with Crippen LogP contribution in [-0.4, -0.2) is 36.2 Å². The van der Waals surface area contributed by atoms with Crippen molar-refractivity contribution in [1.82, 2.24) is 0 Å². The molecule has 0 amide bonds. The summed E-state index contributed by atoms with van der Waals surface area (Å²) < 4.78 is 0. The first-order valence-electron chi connectivity index (χ1n) is 13.2. The second-order valence-electron chi connectivity index (χ2n) is 9.10. The summed E-state index contributed by atoms with van der Waals surface area (Å²) in [6, 6.07) is 39.2. The summed E-state index contributed by atoms with van der Waals surface area (Å²) in [5.74, 6) is 2.16. The van der Waals surface area contributed by atoms with Crippen LogP contribution in [0, 0.1) is 0 Å². The van der Waals surface area contributed by atoms with E-state index < -0.39 is 0 Å². The lowest BCUT2D eigenvalue weighted by Gasteiger charge is -2.18. The highest BCUT2D eigenvalue weighted by molar-refractivity contribution is 8.03. The minimum atomic E-state index is 0.0657. The highest BCUT2D eigenvalue weighted by Crippen LogP contribution is 2.34. The average molecular weight is 563 g/mol. The van der Waals surface area contributed by atoms with E-state index in [-0.39, 0.29) is 11.6 Å². The quantitative estimate of drug-likeness (QED) is 0.176. The van der Waals surface area contributed by atoms with E-state index >= 15 is 0 Å². The average Bonchev–Trinajstić information content (AvgIpc) is 3.69. The number of hydrogen-bond donors (Lipinski definition) is 0. The van der Waals surface area contributed by atoms with Crippen molar-refractivity contribution < 1.29 is 9.59 Å². The summed E-state index contributed by atoms with van der Waals surface area (Å²) in [7, 11) is 0. The van der Waals surface area contributed by atoms with Crippen molar-refractivity contribution in [3.63, 3.8) is 0 Å². The van der Waals surface area contributed by atoms with Crippen LogP contribution in [0.4, 0.5) is 11.4 Å². The van der Waals surface area contributed by atoms with Crippen LogP contribution in [0.2, 0.25) is 0 Å². The Morgan fingerprint density at radius 2 is 0.825 bits per heavy atom. The van der Waals surface area contributed by atoms with E-state index in [1.54, 1.807) is 35.7 Å². The molecule has 0 saturated carbocycles. The van der Waals surface area contributed by atoms with Gasteiger partial charge in [-0.1, -0.05) is 97.1 Å². The molecular formula is C34H30N2O2S2. The highest BCUT2D eigenvalue weighted by Gasteiger charge is 2.21. The van der Waals surface area contributed by atoms with Gasteiger partial charge >= 0.3 is 0 Å². The molecule has 2 fully saturated rings. The molecule has 0 aliphatic carbocycles. The second kappa shape index (κ2) is 13.9. The van der Waals surface area contributed by atoms with Gasteiger partial charge in [0.25, 0.3) is 0 Å². The van der Waals surface area contributed by atoms with Gasteiger partial charge in [0.15, 0.2) is 11.6 Å². The second-order valence-corrected chi connectivity index (χ2v) is 11.3. The Bertz CT molecular complexity index is 1360. The van der Waals surface area contributed by atoms with Crippen LogP contribution in [0.3, 0.4) is 0 Å². The zero-order valence-corrected chi connectivity index (χ0v) is 23.7. The Balaban J connectivity index is 0.000000161. The third-order valence-electron chi connectivity index (χ3n) is 6.42. The van der Waals surface area contributed by atoms with E-state index in [1.165, 1.54) is 0 Å². The van der Waals surface area contributed by atoms with Gasteiger partial charge in [-0.25, -0.2) is 0 Å². The number of thioether (sulfide) groups is 2. The number of carbonyl (C=O) groups is 2. The van der Waals surface area contributed by atoms with Gasteiger partial charge in [0.2, 0.25) is 0 Å². The summed E-state index contributed by atoms with van der Waals surface area (Å²) in [6.07, 6.45) is 3.50. The normalized spacial score (nSPS) is 16.6. The zero-order chi connectivity index (χ0) is 27.6. The molecule has 0 radical (unpaired) electrons. The van der Waals surface area contributed by atoms with Gasteiger partial charge in [-0.2, -0.15) is 0 Å². The SMILES string of the molecule is O=C(/C=C1\SCCN1c1ccccc1)c1ccccc1.O=C(/C=C1\SCCN1c1ccccc1)c1ccccc1. The standard InChI is InChI=1S/2C17H15NOS/c2*19-16(14-7-3-1-4-8-14)13-17-18(11-12-20-17)15-9-5-2-6-10-15/h2*1-10,13H,11-12H2/b2*17-13-. The van der Waals surface area contributed by atoms with Crippen molar-refractivity contribution in [3.05, 3.63) is 155 Å². The van der Waals surface area contributed by atoms with Gasteiger partial charge in [0.1, 0.15) is 0 Å². The molecule has 0 aromatic heterocycles. The Morgan fingerprint density at radius 3 is 1.18 bits per heavy atom. The Hall–Kier alpha value is -4.00. The number of anilines is 2. The van der Waals surface area contributed by atoms with Gasteiger partial charge in [0.05, 0.1) is 10.1 Å². The molecule has 6 rings (SSSR count). The molecular weight excluding hydrogens is 533 g/mol. The maximum atomic E-state index is 12.3. The number of hydrogen-bond acceptors (Lipinski definition) is 6. The summed E-state index contributed by atoms with van der Waals surface area (Å²) in [5, 5.41) is 2.06. The number of ketones is 2. The molecule has 4 nitrogen and oxygen atoms in total. The highest BCUT2D eigenvalue weighted by atomic mass is 32.2. The lowest BCUT2D eigenvalue weighted by Crippen LogP contribution is -2.17. The molecule has 0 N–H and O–H groups in total. The van der Waals surface area contributed by atoms with Crippen LogP contribution >= 0.6 is 23.5 Å². The minimum absolute atomic E-state index is 0.0657. The van der Waals surface area contributed by atoms with Gasteiger partial charge in [-0.05, 0) is 24.3 Å². The molecule has 2 aliphatic heterocycles. The van der Waals surface area contributed by atoms with Crippen LogP contribution in [0.1, 0.15) is 20.7 Å². The third kappa shape index (κ3) is 7.14. The fourth-order valence-electron chi connectivity index (χ4n) is 4.42. The zero-order valence-electron chi connectivity index (χ0n) is 22.1. The molecule has 2 saturated heterocycles. The van der Waals surface area contributed by atoms with Crippen molar-refractivity contribution in [2.24, 2.45) is 0 Å². The van der Waals surface area contributed by atoms with Gasteiger partial charge in [0, 0.05) is 59.2 Å². The number of para-hydroxylation sites is 2. The number of carbonyl (C=O) groups excluding carboxylic acids is 2. The molecule has 6 heteroatoms. The van der Waals surface area contributed by atoms with E-state index in [9.17, 15) is 9.59 Å². The van der Waals surface area contributed by atoms with E-state index in [0.29, 0.717) is 0 Å². The lowest BCUT2D eigenvalue weighted by atomic mass is 10.1. The number of rotatable bonds is 6. The van der Waals surface area contributed by atoms with Crippen LogP contribution in [-0.2, 0) is 0 Å². The Morgan fingerprint density at radius 1 is 0.500 bits per heavy atom. The molecule has 4 aromatic rings. The van der Waals surface area contributed by atoms with E-state index in [2.05, 4.69) is 34.1 Å². The van der Waals surface area contributed by atoms with Crippen molar-refractivity contribution in [2.45, 2.75) is 0 Å². The van der Waals surface area contributed by atoms with Gasteiger partial charge in [-0.15, -0.1) is 23.5 Å². The largest absolute Gasteiger partial charge is 0.335 e. The van der Waals surface area contributed by atoms with Crippen molar-refractivity contribution in [3.8, 4) is 0 Å². The summed E-state index contributed by atoms with van der Waals surface area (Å²) in [6.45, 7) is 1.89. The predicted octanol–water partition coefficient (Wildman–Crippen LogP) is 7.93. The molecule has 0 unspecified atom stereocenters. The molecule has 0 bridgehead atoms. The molecule has 2 aliphatic rings. The van der Waals surface area contributed by atoms with E-state index in [0.717, 1.165) is 57.2 Å². The third-order valence-corrected chi connectivity index (χ3v) is 8.46. The van der Waals surface area contributed by atoms with Crippen LogP contribution in [0.5, 0.6) is 0 Å². The summed E-state index contributed by atoms with van der Waals surface area (Å²) >= 11 is 3.47. The number of benzene rings is 4.